The van der Waals surface area contributed by atoms with Gasteiger partial charge in [0, 0.05) is 17.7 Å². The van der Waals surface area contributed by atoms with Crippen molar-refractivity contribution < 1.29 is 9.85 Å². The second-order valence-electron chi connectivity index (χ2n) is 7.06. The molecular formula is C22H12N6O5S. The summed E-state index contributed by atoms with van der Waals surface area (Å²) in [7, 11) is 0. The number of para-hydroxylation sites is 2. The van der Waals surface area contributed by atoms with Gasteiger partial charge in [0.1, 0.15) is 10.5 Å². The number of hydrogen-bond donors (Lipinski definition) is 1. The third kappa shape index (κ3) is 3.40. The minimum atomic E-state index is -1.16. The molecule has 3 aromatic rings. The van der Waals surface area contributed by atoms with Crippen LogP contribution in [0.15, 0.2) is 58.9 Å². The first-order chi connectivity index (χ1) is 16.3. The maximum absolute atomic E-state index is 13.2. The first-order valence-electron chi connectivity index (χ1n) is 9.54. The maximum Gasteiger partial charge on any atom is 0.276 e. The monoisotopic (exact) mass is 472 g/mol. The molecule has 2 heterocycles. The molecule has 1 atom stereocenters. The molecule has 0 aliphatic carbocycles. The SMILES string of the molecule is N#CC1=C(N)n2c(sc(=Cc3ccccc3[N+](=O)[O-])c2=O)=C(C#N)C1c1ccccc1[N+](=O)[O-]. The van der Waals surface area contributed by atoms with Gasteiger partial charge in [-0.05, 0) is 12.1 Å². The molecule has 1 aromatic heterocycles. The van der Waals surface area contributed by atoms with E-state index in [-0.39, 0.29) is 48.7 Å². The molecule has 0 amide bonds. The van der Waals surface area contributed by atoms with E-state index in [4.69, 9.17) is 5.73 Å². The fourth-order valence-electron chi connectivity index (χ4n) is 3.78. The number of fused-ring (bicyclic) bond motifs is 1. The van der Waals surface area contributed by atoms with Crippen LogP contribution < -0.4 is 20.5 Å². The number of aromatic nitrogens is 1. The lowest BCUT2D eigenvalue weighted by Crippen LogP contribution is -2.38. The predicted molar refractivity (Wildman–Crippen MR) is 122 cm³/mol. The highest BCUT2D eigenvalue weighted by atomic mass is 32.1. The molecule has 2 aromatic carbocycles. The van der Waals surface area contributed by atoms with Gasteiger partial charge in [0.25, 0.3) is 16.9 Å². The van der Waals surface area contributed by atoms with Crippen molar-refractivity contribution in [2.24, 2.45) is 5.73 Å². The van der Waals surface area contributed by atoms with E-state index in [0.29, 0.717) is 0 Å². The van der Waals surface area contributed by atoms with E-state index in [0.717, 1.165) is 15.9 Å². The molecule has 0 saturated heterocycles. The Labute approximate surface area is 194 Å². The third-order valence-electron chi connectivity index (χ3n) is 5.25. The van der Waals surface area contributed by atoms with Crippen LogP contribution >= 0.6 is 11.3 Å². The van der Waals surface area contributed by atoms with E-state index in [2.05, 4.69) is 0 Å². The van der Waals surface area contributed by atoms with Gasteiger partial charge >= 0.3 is 0 Å². The van der Waals surface area contributed by atoms with Gasteiger partial charge in [-0.2, -0.15) is 10.5 Å². The molecule has 1 aliphatic rings. The van der Waals surface area contributed by atoms with Crippen LogP contribution in [-0.2, 0) is 0 Å². The van der Waals surface area contributed by atoms with E-state index in [1.54, 1.807) is 6.07 Å². The summed E-state index contributed by atoms with van der Waals surface area (Å²) in [5.74, 6) is -1.42. The standard InChI is InChI=1S/C22H12N6O5S/c23-10-14-19(13-6-2-4-8-17(13)28(32)33)15(11-24)22-26(20(14)25)21(29)18(34-22)9-12-5-1-3-7-16(12)27(30)31/h1-9,19H,25H2. The fraction of sp³-hybridized carbons (Fsp3) is 0.0455. The Morgan fingerprint density at radius 2 is 1.56 bits per heavy atom. The zero-order valence-electron chi connectivity index (χ0n) is 17.0. The average molecular weight is 472 g/mol. The molecule has 0 spiro atoms. The van der Waals surface area contributed by atoms with Crippen LogP contribution in [0.2, 0.25) is 0 Å². The predicted octanol–water partition coefficient (Wildman–Crippen LogP) is 1.68. The van der Waals surface area contributed by atoms with Crippen LogP contribution in [0.1, 0.15) is 17.0 Å². The van der Waals surface area contributed by atoms with Crippen LogP contribution in [-0.4, -0.2) is 14.4 Å². The van der Waals surface area contributed by atoms with Gasteiger partial charge in [-0.1, -0.05) is 30.3 Å². The lowest BCUT2D eigenvalue weighted by Gasteiger charge is -2.22. The summed E-state index contributed by atoms with van der Waals surface area (Å²) < 4.78 is 1.13. The number of nitro benzene ring substituents is 2. The van der Waals surface area contributed by atoms with Crippen LogP contribution in [0, 0.1) is 42.9 Å². The number of thiazole rings is 1. The molecule has 2 N–H and O–H groups in total. The number of benzene rings is 2. The summed E-state index contributed by atoms with van der Waals surface area (Å²) in [6.07, 6.45) is 1.31. The first kappa shape index (κ1) is 22.1. The molecule has 1 aliphatic heterocycles. The third-order valence-corrected chi connectivity index (χ3v) is 6.36. The lowest BCUT2D eigenvalue weighted by atomic mass is 9.83. The van der Waals surface area contributed by atoms with Crippen molar-refractivity contribution in [3.63, 3.8) is 0 Å². The summed E-state index contributed by atoms with van der Waals surface area (Å²) in [5.41, 5.74) is 4.97. The first-order valence-corrected chi connectivity index (χ1v) is 10.4. The van der Waals surface area contributed by atoms with Crippen molar-refractivity contribution in [1.29, 1.82) is 10.5 Å². The second-order valence-corrected chi connectivity index (χ2v) is 8.09. The highest BCUT2D eigenvalue weighted by molar-refractivity contribution is 7.07. The van der Waals surface area contributed by atoms with Crippen molar-refractivity contribution >= 4 is 40.2 Å². The number of nitrogens with two attached hydrogens (primary N) is 1. The molecule has 4 rings (SSSR count). The topological polar surface area (TPSA) is 182 Å². The number of rotatable bonds is 4. The highest BCUT2D eigenvalue weighted by Crippen LogP contribution is 2.39. The van der Waals surface area contributed by atoms with Gasteiger partial charge in [0.2, 0.25) is 0 Å². The minimum absolute atomic E-state index is 0.0421. The van der Waals surface area contributed by atoms with E-state index < -0.39 is 21.3 Å². The Hall–Kier alpha value is -5.07. The van der Waals surface area contributed by atoms with E-state index in [9.17, 15) is 35.5 Å². The molecular weight excluding hydrogens is 460 g/mol. The Kier molecular flexibility index (Phi) is 5.51. The molecule has 0 radical (unpaired) electrons. The van der Waals surface area contributed by atoms with Gasteiger partial charge in [0.05, 0.1) is 49.1 Å². The quantitative estimate of drug-likeness (QED) is 0.439. The highest BCUT2D eigenvalue weighted by Gasteiger charge is 2.35. The van der Waals surface area contributed by atoms with Gasteiger partial charge in [0.15, 0.2) is 0 Å². The van der Waals surface area contributed by atoms with Gasteiger partial charge in [-0.3, -0.25) is 29.6 Å². The summed E-state index contributed by atoms with van der Waals surface area (Å²) in [6.45, 7) is 0. The molecule has 11 nitrogen and oxygen atoms in total. The number of nitrogens with zero attached hydrogens (tertiary/aromatic N) is 5. The van der Waals surface area contributed by atoms with Crippen molar-refractivity contribution in [3.05, 3.63) is 105 Å². The summed E-state index contributed by atoms with van der Waals surface area (Å²) in [4.78, 5) is 34.9. The van der Waals surface area contributed by atoms with Crippen LogP contribution in [0.5, 0.6) is 0 Å². The Morgan fingerprint density at radius 1 is 0.971 bits per heavy atom. The molecule has 12 heteroatoms. The van der Waals surface area contributed by atoms with Gasteiger partial charge in [-0.25, -0.2) is 0 Å². The number of allylic oxidation sites excluding steroid dienone is 1. The number of nitriles is 2. The molecule has 166 valence electrons. The van der Waals surface area contributed by atoms with Crippen LogP contribution in [0.3, 0.4) is 0 Å². The number of hydrogen-bond acceptors (Lipinski definition) is 9. The van der Waals surface area contributed by atoms with Crippen LogP contribution in [0.4, 0.5) is 11.4 Å². The van der Waals surface area contributed by atoms with Crippen molar-refractivity contribution in [2.45, 2.75) is 5.92 Å². The van der Waals surface area contributed by atoms with Crippen LogP contribution in [0.25, 0.3) is 17.5 Å². The molecule has 34 heavy (non-hydrogen) atoms. The molecule has 0 bridgehead atoms. The van der Waals surface area contributed by atoms with Crippen molar-refractivity contribution in [2.75, 3.05) is 0 Å². The Balaban J connectivity index is 2.10. The zero-order chi connectivity index (χ0) is 24.6. The zero-order valence-corrected chi connectivity index (χ0v) is 17.9. The van der Waals surface area contributed by atoms with Crippen molar-refractivity contribution in [3.8, 4) is 12.1 Å². The van der Waals surface area contributed by atoms with E-state index in [1.807, 2.05) is 12.1 Å². The maximum atomic E-state index is 13.2. The Morgan fingerprint density at radius 3 is 2.18 bits per heavy atom. The van der Waals surface area contributed by atoms with E-state index in [1.165, 1.54) is 48.5 Å². The second kappa shape index (κ2) is 8.46. The summed E-state index contributed by atoms with van der Waals surface area (Å²) in [5, 5.41) is 42.7. The van der Waals surface area contributed by atoms with Gasteiger partial charge in [-0.15, -0.1) is 11.3 Å². The normalized spacial score (nSPS) is 15.4. The van der Waals surface area contributed by atoms with Crippen molar-refractivity contribution in [1.82, 2.24) is 4.57 Å². The summed E-state index contributed by atoms with van der Waals surface area (Å²) in [6, 6.07) is 15.3. The Bertz CT molecular complexity index is 1690. The molecule has 1 unspecified atom stereocenters. The largest absolute Gasteiger partial charge is 0.384 e. The minimum Gasteiger partial charge on any atom is -0.384 e. The fourth-order valence-corrected chi connectivity index (χ4v) is 4.90. The molecule has 0 fully saturated rings. The molecule has 0 saturated carbocycles. The average Bonchev–Trinajstić information content (AvgIpc) is 3.15. The summed E-state index contributed by atoms with van der Waals surface area (Å²) >= 11 is 0.858. The number of nitro groups is 2. The smallest absolute Gasteiger partial charge is 0.276 e. The van der Waals surface area contributed by atoms with E-state index >= 15 is 0 Å². The lowest BCUT2D eigenvalue weighted by molar-refractivity contribution is -0.385. The van der Waals surface area contributed by atoms with Gasteiger partial charge < -0.3 is 5.73 Å².